The highest BCUT2D eigenvalue weighted by atomic mass is 14.2. The van der Waals surface area contributed by atoms with Crippen molar-refractivity contribution in [1.82, 2.24) is 0 Å². The van der Waals surface area contributed by atoms with Crippen molar-refractivity contribution in [2.75, 3.05) is 0 Å². The van der Waals surface area contributed by atoms with Gasteiger partial charge in [-0.15, -0.1) is 0 Å². The quantitative estimate of drug-likeness (QED) is 0.634. The summed E-state index contributed by atoms with van der Waals surface area (Å²) in [5.41, 5.74) is 8.77. The van der Waals surface area contributed by atoms with Crippen LogP contribution >= 0.6 is 0 Å². The molecule has 0 heterocycles. The first-order valence-corrected chi connectivity index (χ1v) is 7.39. The van der Waals surface area contributed by atoms with Gasteiger partial charge in [-0.05, 0) is 61.3 Å². The molecule has 0 nitrogen and oxygen atoms in total. The summed E-state index contributed by atoms with van der Waals surface area (Å²) in [5, 5.41) is 0. The Balaban J connectivity index is 2.24. The zero-order valence-corrected chi connectivity index (χ0v) is 12.2. The molecule has 1 atom stereocenters. The molecular formula is C19H22. The molecule has 1 unspecified atom stereocenters. The van der Waals surface area contributed by atoms with Crippen LogP contribution < -0.4 is 0 Å². The zero-order chi connectivity index (χ0) is 13.4. The van der Waals surface area contributed by atoms with Gasteiger partial charge in [0.25, 0.3) is 0 Å². The van der Waals surface area contributed by atoms with Crippen LogP contribution in [0, 0.1) is 13.8 Å². The molecule has 0 spiro atoms. The Morgan fingerprint density at radius 2 is 1.63 bits per heavy atom. The summed E-state index contributed by atoms with van der Waals surface area (Å²) in [6.07, 6.45) is 3.73. The summed E-state index contributed by atoms with van der Waals surface area (Å²) in [5.74, 6) is 0.711. The fourth-order valence-corrected chi connectivity index (χ4v) is 3.37. The van der Waals surface area contributed by atoms with Gasteiger partial charge in [0.15, 0.2) is 0 Å². The van der Waals surface area contributed by atoms with Gasteiger partial charge in [0.2, 0.25) is 0 Å². The van der Waals surface area contributed by atoms with Crippen LogP contribution in [0.1, 0.15) is 47.9 Å². The number of rotatable bonds is 1. The maximum Gasteiger partial charge on any atom is -0.0146 e. The molecule has 2 aromatic carbocycles. The number of hydrogen-bond acceptors (Lipinski definition) is 0. The molecule has 98 valence electrons. The van der Waals surface area contributed by atoms with E-state index in [1.807, 2.05) is 0 Å². The van der Waals surface area contributed by atoms with E-state index in [9.17, 15) is 0 Å². The lowest BCUT2D eigenvalue weighted by molar-refractivity contribution is 0.613. The summed E-state index contributed by atoms with van der Waals surface area (Å²) in [6.45, 7) is 6.71. The molecule has 0 aromatic heterocycles. The van der Waals surface area contributed by atoms with Gasteiger partial charge in [-0.3, -0.25) is 0 Å². The Kier molecular flexibility index (Phi) is 3.18. The average Bonchev–Trinajstić information content (AvgIpc) is 2.54. The summed E-state index contributed by atoms with van der Waals surface area (Å²) >= 11 is 0. The van der Waals surface area contributed by atoms with E-state index >= 15 is 0 Å². The Morgan fingerprint density at radius 1 is 0.947 bits per heavy atom. The molecule has 0 bridgehead atoms. The van der Waals surface area contributed by atoms with Crippen LogP contribution in [0.15, 0.2) is 36.4 Å². The van der Waals surface area contributed by atoms with Crippen LogP contribution in [-0.4, -0.2) is 0 Å². The second-order valence-electron chi connectivity index (χ2n) is 5.90. The molecular weight excluding hydrogens is 228 g/mol. The topological polar surface area (TPSA) is 0 Å². The molecule has 0 saturated carbocycles. The van der Waals surface area contributed by atoms with Gasteiger partial charge in [0.05, 0.1) is 0 Å². The van der Waals surface area contributed by atoms with Gasteiger partial charge in [0.1, 0.15) is 0 Å². The van der Waals surface area contributed by atoms with Crippen LogP contribution in [0.4, 0.5) is 0 Å². The van der Waals surface area contributed by atoms with Crippen molar-refractivity contribution in [1.29, 1.82) is 0 Å². The van der Waals surface area contributed by atoms with Gasteiger partial charge in [-0.1, -0.05) is 54.4 Å². The van der Waals surface area contributed by atoms with E-state index in [1.165, 1.54) is 47.1 Å². The maximum atomic E-state index is 2.40. The van der Waals surface area contributed by atoms with Gasteiger partial charge < -0.3 is 0 Å². The monoisotopic (exact) mass is 250 g/mol. The third-order valence-electron chi connectivity index (χ3n) is 4.45. The van der Waals surface area contributed by atoms with Gasteiger partial charge >= 0.3 is 0 Å². The maximum absolute atomic E-state index is 2.40. The Morgan fingerprint density at radius 3 is 2.37 bits per heavy atom. The lowest BCUT2D eigenvalue weighted by atomic mass is 9.88. The normalized spacial score (nSPS) is 17.5. The molecule has 1 aliphatic rings. The lowest BCUT2D eigenvalue weighted by Crippen LogP contribution is -1.98. The minimum Gasteiger partial charge on any atom is -0.0648 e. The minimum absolute atomic E-state index is 0.711. The number of hydrogen-bond donors (Lipinski definition) is 0. The van der Waals surface area contributed by atoms with Gasteiger partial charge in [0, 0.05) is 0 Å². The number of fused-ring (bicyclic) bond motifs is 3. The summed E-state index contributed by atoms with van der Waals surface area (Å²) < 4.78 is 0. The Labute approximate surface area is 116 Å². The molecule has 0 fully saturated rings. The van der Waals surface area contributed by atoms with Crippen LogP contribution in [0.2, 0.25) is 0 Å². The van der Waals surface area contributed by atoms with E-state index in [-0.39, 0.29) is 0 Å². The SMILES string of the molecule is CCC1CCc2cc(C)ccc2-c2ccc(C)cc21. The van der Waals surface area contributed by atoms with E-state index in [2.05, 4.69) is 57.2 Å². The van der Waals surface area contributed by atoms with Crippen LogP contribution in [0.25, 0.3) is 11.1 Å². The summed E-state index contributed by atoms with van der Waals surface area (Å²) in [4.78, 5) is 0. The Bertz CT molecular complexity index is 607. The van der Waals surface area contributed by atoms with Gasteiger partial charge in [-0.25, -0.2) is 0 Å². The molecule has 0 amide bonds. The van der Waals surface area contributed by atoms with Crippen molar-refractivity contribution in [3.05, 3.63) is 58.7 Å². The predicted molar refractivity (Wildman–Crippen MR) is 82.7 cm³/mol. The number of aryl methyl sites for hydroxylation is 3. The van der Waals surface area contributed by atoms with Crippen molar-refractivity contribution < 1.29 is 0 Å². The highest BCUT2D eigenvalue weighted by molar-refractivity contribution is 5.73. The fraction of sp³-hybridized carbons (Fsp3) is 0.368. The summed E-state index contributed by atoms with van der Waals surface area (Å²) in [6, 6.07) is 13.9. The third-order valence-corrected chi connectivity index (χ3v) is 4.45. The molecule has 1 aliphatic carbocycles. The van der Waals surface area contributed by atoms with E-state index in [1.54, 1.807) is 5.56 Å². The second-order valence-corrected chi connectivity index (χ2v) is 5.90. The van der Waals surface area contributed by atoms with E-state index in [4.69, 9.17) is 0 Å². The minimum atomic E-state index is 0.711. The van der Waals surface area contributed by atoms with Gasteiger partial charge in [-0.2, -0.15) is 0 Å². The molecule has 0 saturated heterocycles. The van der Waals surface area contributed by atoms with Crippen molar-refractivity contribution in [2.24, 2.45) is 0 Å². The molecule has 2 aromatic rings. The standard InChI is InChI=1S/C19H22/c1-4-15-7-8-16-11-13(2)5-9-17(16)18-10-6-14(3)12-19(15)18/h5-6,9-12,15H,4,7-8H2,1-3H3. The van der Waals surface area contributed by atoms with Crippen LogP contribution in [0.3, 0.4) is 0 Å². The van der Waals surface area contributed by atoms with E-state index in [0.29, 0.717) is 5.92 Å². The van der Waals surface area contributed by atoms with E-state index < -0.39 is 0 Å². The molecule has 3 rings (SSSR count). The van der Waals surface area contributed by atoms with Crippen molar-refractivity contribution in [3.63, 3.8) is 0 Å². The van der Waals surface area contributed by atoms with Crippen molar-refractivity contribution in [3.8, 4) is 11.1 Å². The largest absolute Gasteiger partial charge is 0.0648 e. The first kappa shape index (κ1) is 12.5. The van der Waals surface area contributed by atoms with Crippen molar-refractivity contribution in [2.45, 2.75) is 46.0 Å². The zero-order valence-electron chi connectivity index (χ0n) is 12.2. The highest BCUT2D eigenvalue weighted by Crippen LogP contribution is 2.40. The highest BCUT2D eigenvalue weighted by Gasteiger charge is 2.21. The van der Waals surface area contributed by atoms with E-state index in [0.717, 1.165) is 0 Å². The third kappa shape index (κ3) is 2.20. The molecule has 19 heavy (non-hydrogen) atoms. The fourth-order valence-electron chi connectivity index (χ4n) is 3.37. The molecule has 0 aliphatic heterocycles. The van der Waals surface area contributed by atoms with Crippen LogP contribution in [-0.2, 0) is 6.42 Å². The van der Waals surface area contributed by atoms with Crippen LogP contribution in [0.5, 0.6) is 0 Å². The average molecular weight is 250 g/mol. The molecule has 0 radical (unpaired) electrons. The predicted octanol–water partition coefficient (Wildman–Crippen LogP) is 5.41. The molecule has 0 N–H and O–H groups in total. The first-order valence-electron chi connectivity index (χ1n) is 7.39. The Hall–Kier alpha value is -1.56. The molecule has 0 heteroatoms. The van der Waals surface area contributed by atoms with Crippen molar-refractivity contribution >= 4 is 0 Å². The first-order chi connectivity index (χ1) is 9.19. The lowest BCUT2D eigenvalue weighted by Gasteiger charge is -2.16. The smallest absolute Gasteiger partial charge is 0.0146 e. The number of benzene rings is 2. The second kappa shape index (κ2) is 4.85. The summed E-state index contributed by atoms with van der Waals surface area (Å²) in [7, 11) is 0.